The maximum Gasteiger partial charge on any atom is 0.244 e. The molecule has 0 aliphatic rings. The molecule has 0 saturated heterocycles. The molecular weight excluding hydrogens is 320 g/mol. The van der Waals surface area contributed by atoms with Crippen molar-refractivity contribution in [3.63, 3.8) is 0 Å². The molecule has 0 aromatic carbocycles. The number of aromatic nitrogens is 4. The van der Waals surface area contributed by atoms with Crippen LogP contribution in [0.3, 0.4) is 0 Å². The summed E-state index contributed by atoms with van der Waals surface area (Å²) < 4.78 is 35.1. The second-order valence-electron chi connectivity index (χ2n) is 6.86. The van der Waals surface area contributed by atoms with E-state index in [-0.39, 0.29) is 28.9 Å². The summed E-state index contributed by atoms with van der Waals surface area (Å²) in [6.45, 7) is 11.1. The van der Waals surface area contributed by atoms with E-state index in [0.29, 0.717) is 11.6 Å². The van der Waals surface area contributed by atoms with Crippen molar-refractivity contribution >= 4 is 9.84 Å². The van der Waals surface area contributed by atoms with Gasteiger partial charge in [0.1, 0.15) is 11.0 Å². The zero-order valence-corrected chi connectivity index (χ0v) is 15.0. The highest BCUT2D eigenvalue weighted by Gasteiger charge is 2.31. The molecule has 1 atom stereocenters. The molecule has 2 rings (SSSR count). The van der Waals surface area contributed by atoms with Crippen LogP contribution in [0.15, 0.2) is 9.05 Å². The standard InChI is InChI=1S/C14H22N4O4S/c1-8(2)11-16-12(22-17-11)9(3)23(19,20)7-10-15-13(18-21-10)14(4,5)6/h8-9H,7H2,1-6H3. The molecular formula is C14H22N4O4S. The Balaban J connectivity index is 2.19. The van der Waals surface area contributed by atoms with Crippen LogP contribution >= 0.6 is 0 Å². The molecule has 0 fully saturated rings. The molecule has 1 unspecified atom stereocenters. The van der Waals surface area contributed by atoms with Gasteiger partial charge in [-0.1, -0.05) is 44.9 Å². The monoisotopic (exact) mass is 342 g/mol. The molecule has 2 heterocycles. The van der Waals surface area contributed by atoms with Gasteiger partial charge < -0.3 is 9.05 Å². The Kier molecular flexibility index (Phi) is 4.61. The lowest BCUT2D eigenvalue weighted by Gasteiger charge is -2.11. The fraction of sp³-hybridized carbons (Fsp3) is 0.714. The lowest BCUT2D eigenvalue weighted by Crippen LogP contribution is -2.15. The molecule has 0 amide bonds. The third-order valence-electron chi connectivity index (χ3n) is 3.32. The van der Waals surface area contributed by atoms with E-state index in [1.807, 2.05) is 34.6 Å². The maximum absolute atomic E-state index is 12.5. The molecule has 0 spiro atoms. The number of sulfone groups is 1. The van der Waals surface area contributed by atoms with Crippen molar-refractivity contribution in [1.82, 2.24) is 20.3 Å². The first-order valence-corrected chi connectivity index (χ1v) is 9.10. The lowest BCUT2D eigenvalue weighted by molar-refractivity contribution is 0.364. The third-order valence-corrected chi connectivity index (χ3v) is 5.25. The van der Waals surface area contributed by atoms with Gasteiger partial charge in [0.05, 0.1) is 0 Å². The van der Waals surface area contributed by atoms with Gasteiger partial charge in [0.15, 0.2) is 21.5 Å². The van der Waals surface area contributed by atoms with Crippen LogP contribution < -0.4 is 0 Å². The highest BCUT2D eigenvalue weighted by Crippen LogP contribution is 2.26. The highest BCUT2D eigenvalue weighted by atomic mass is 32.2. The Morgan fingerprint density at radius 3 is 2.17 bits per heavy atom. The van der Waals surface area contributed by atoms with Crippen LogP contribution in [0.1, 0.15) is 76.1 Å². The van der Waals surface area contributed by atoms with Crippen LogP contribution in [0.2, 0.25) is 0 Å². The summed E-state index contributed by atoms with van der Waals surface area (Å²) in [5, 5.41) is 6.68. The van der Waals surface area contributed by atoms with Crippen molar-refractivity contribution in [1.29, 1.82) is 0 Å². The van der Waals surface area contributed by atoms with E-state index in [4.69, 9.17) is 9.05 Å². The van der Waals surface area contributed by atoms with Crippen LogP contribution in [0.25, 0.3) is 0 Å². The van der Waals surface area contributed by atoms with Gasteiger partial charge in [0.2, 0.25) is 11.8 Å². The summed E-state index contributed by atoms with van der Waals surface area (Å²) in [5.74, 6) is 0.781. The van der Waals surface area contributed by atoms with Gasteiger partial charge in [-0.2, -0.15) is 9.97 Å². The largest absolute Gasteiger partial charge is 0.338 e. The van der Waals surface area contributed by atoms with Gasteiger partial charge in [-0.15, -0.1) is 0 Å². The Labute approximate surface area is 135 Å². The molecule has 23 heavy (non-hydrogen) atoms. The summed E-state index contributed by atoms with van der Waals surface area (Å²) in [4.78, 5) is 8.29. The lowest BCUT2D eigenvalue weighted by atomic mass is 9.96. The fourth-order valence-electron chi connectivity index (χ4n) is 1.72. The Morgan fingerprint density at radius 2 is 1.70 bits per heavy atom. The van der Waals surface area contributed by atoms with Crippen molar-refractivity contribution in [2.24, 2.45) is 0 Å². The van der Waals surface area contributed by atoms with Crippen LogP contribution in [-0.2, 0) is 21.0 Å². The molecule has 0 N–H and O–H groups in total. The van der Waals surface area contributed by atoms with Crippen LogP contribution in [0.5, 0.6) is 0 Å². The van der Waals surface area contributed by atoms with E-state index in [0.717, 1.165) is 0 Å². The van der Waals surface area contributed by atoms with Gasteiger partial charge >= 0.3 is 0 Å². The van der Waals surface area contributed by atoms with Gasteiger partial charge in [-0.3, -0.25) is 0 Å². The molecule has 2 aromatic rings. The smallest absolute Gasteiger partial charge is 0.244 e. The zero-order chi connectivity index (χ0) is 17.4. The third kappa shape index (κ3) is 3.95. The molecule has 0 saturated carbocycles. The van der Waals surface area contributed by atoms with Crippen LogP contribution in [-0.4, -0.2) is 28.7 Å². The fourth-order valence-corrected chi connectivity index (χ4v) is 2.83. The minimum absolute atomic E-state index is 0.0605. The molecule has 8 nitrogen and oxygen atoms in total. The Hall–Kier alpha value is -1.77. The van der Waals surface area contributed by atoms with Gasteiger partial charge in [0.25, 0.3) is 0 Å². The van der Waals surface area contributed by atoms with Crippen LogP contribution in [0.4, 0.5) is 0 Å². The summed E-state index contributed by atoms with van der Waals surface area (Å²) in [7, 11) is -3.60. The molecule has 0 aliphatic carbocycles. The predicted octanol–water partition coefficient (Wildman–Crippen LogP) is 2.55. The number of rotatable bonds is 5. The van der Waals surface area contributed by atoms with E-state index in [1.165, 1.54) is 6.92 Å². The SMILES string of the molecule is CC(C)c1noc(C(C)S(=O)(=O)Cc2nc(C(C)(C)C)no2)n1. The van der Waals surface area contributed by atoms with E-state index in [9.17, 15) is 8.42 Å². The first-order chi connectivity index (χ1) is 10.5. The van der Waals surface area contributed by atoms with Crippen molar-refractivity contribution < 1.29 is 17.5 Å². The molecule has 0 radical (unpaired) electrons. The first kappa shape index (κ1) is 17.6. The number of hydrogen-bond donors (Lipinski definition) is 0. The van der Waals surface area contributed by atoms with Crippen molar-refractivity contribution in [3.8, 4) is 0 Å². The minimum Gasteiger partial charge on any atom is -0.338 e. The van der Waals surface area contributed by atoms with Gasteiger partial charge in [-0.05, 0) is 6.92 Å². The Morgan fingerprint density at radius 1 is 1.04 bits per heavy atom. The summed E-state index contributed by atoms with van der Waals surface area (Å²) in [6.07, 6.45) is 0. The van der Waals surface area contributed by atoms with Crippen LogP contribution in [0, 0.1) is 0 Å². The molecule has 2 aromatic heterocycles. The normalized spacial score (nSPS) is 14.4. The van der Waals surface area contributed by atoms with E-state index in [1.54, 1.807) is 0 Å². The van der Waals surface area contributed by atoms with Crippen molar-refractivity contribution in [2.45, 2.75) is 63.9 Å². The van der Waals surface area contributed by atoms with Gasteiger partial charge in [0, 0.05) is 11.3 Å². The van der Waals surface area contributed by atoms with E-state index >= 15 is 0 Å². The molecule has 0 bridgehead atoms. The predicted molar refractivity (Wildman–Crippen MR) is 82.4 cm³/mol. The average Bonchev–Trinajstić information content (AvgIpc) is 3.04. The van der Waals surface area contributed by atoms with Crippen molar-refractivity contribution in [2.75, 3.05) is 0 Å². The topological polar surface area (TPSA) is 112 Å². The zero-order valence-electron chi connectivity index (χ0n) is 14.2. The highest BCUT2D eigenvalue weighted by molar-refractivity contribution is 7.90. The average molecular weight is 342 g/mol. The molecule has 0 aliphatic heterocycles. The van der Waals surface area contributed by atoms with Crippen molar-refractivity contribution in [3.05, 3.63) is 23.4 Å². The molecule has 9 heteroatoms. The van der Waals surface area contributed by atoms with Gasteiger partial charge in [-0.25, -0.2) is 8.42 Å². The quantitative estimate of drug-likeness (QED) is 0.814. The second kappa shape index (κ2) is 6.03. The minimum atomic E-state index is -3.60. The van der Waals surface area contributed by atoms with E-state index < -0.39 is 15.1 Å². The number of hydrogen-bond acceptors (Lipinski definition) is 8. The first-order valence-electron chi connectivity index (χ1n) is 7.39. The number of nitrogens with zero attached hydrogens (tertiary/aromatic N) is 4. The molecule has 128 valence electrons. The Bertz CT molecular complexity index is 771. The maximum atomic E-state index is 12.5. The summed E-state index contributed by atoms with van der Waals surface area (Å²) in [6, 6.07) is 0. The van der Waals surface area contributed by atoms with E-state index in [2.05, 4.69) is 20.3 Å². The second-order valence-corrected chi connectivity index (χ2v) is 9.18. The summed E-state index contributed by atoms with van der Waals surface area (Å²) >= 11 is 0. The summed E-state index contributed by atoms with van der Waals surface area (Å²) in [5.41, 5.74) is -0.310.